The molecular formula is C20H23NO4. The van der Waals surface area contributed by atoms with Gasteiger partial charge in [-0.2, -0.15) is 0 Å². The van der Waals surface area contributed by atoms with E-state index in [1.807, 2.05) is 62.4 Å². The molecule has 132 valence electrons. The zero-order chi connectivity index (χ0) is 17.6. The number of fused-ring (bicyclic) bond motifs is 1. The van der Waals surface area contributed by atoms with Crippen molar-refractivity contribution >= 4 is 5.97 Å². The van der Waals surface area contributed by atoms with Gasteiger partial charge in [-0.3, -0.25) is 4.79 Å². The molecule has 0 aliphatic carbocycles. The number of rotatable bonds is 7. The summed E-state index contributed by atoms with van der Waals surface area (Å²) in [5, 5.41) is 3.29. The third-order valence-electron chi connectivity index (χ3n) is 4.11. The van der Waals surface area contributed by atoms with Crippen molar-refractivity contribution in [2.45, 2.75) is 33.0 Å². The molecule has 2 aromatic carbocycles. The number of hydrogen-bond acceptors (Lipinski definition) is 5. The first-order valence-corrected chi connectivity index (χ1v) is 8.46. The van der Waals surface area contributed by atoms with Gasteiger partial charge in [0.15, 0.2) is 11.5 Å². The SMILES string of the molecule is CC(C)C(NCc1ccc2c(c1)OCO2)C(=O)OCc1ccccc1. The van der Waals surface area contributed by atoms with Crippen LogP contribution in [0.25, 0.3) is 0 Å². The average Bonchev–Trinajstić information content (AvgIpc) is 3.08. The number of carbonyl (C=O) groups excluding carboxylic acids is 1. The Bertz CT molecular complexity index is 715. The van der Waals surface area contributed by atoms with Gasteiger partial charge in [-0.25, -0.2) is 0 Å². The van der Waals surface area contributed by atoms with Crippen molar-refractivity contribution in [3.63, 3.8) is 0 Å². The van der Waals surface area contributed by atoms with Crippen molar-refractivity contribution in [2.24, 2.45) is 5.92 Å². The van der Waals surface area contributed by atoms with E-state index in [9.17, 15) is 4.79 Å². The second kappa shape index (κ2) is 8.03. The summed E-state index contributed by atoms with van der Waals surface area (Å²) in [6.07, 6.45) is 0. The number of carbonyl (C=O) groups is 1. The summed E-state index contributed by atoms with van der Waals surface area (Å²) >= 11 is 0. The molecule has 0 fully saturated rings. The summed E-state index contributed by atoms with van der Waals surface area (Å²) in [6.45, 7) is 5.10. The lowest BCUT2D eigenvalue weighted by molar-refractivity contribution is -0.148. The minimum absolute atomic E-state index is 0.122. The van der Waals surface area contributed by atoms with Gasteiger partial charge in [-0.15, -0.1) is 0 Å². The highest BCUT2D eigenvalue weighted by Gasteiger charge is 2.23. The minimum Gasteiger partial charge on any atom is -0.460 e. The normalized spacial score (nSPS) is 13.7. The van der Waals surface area contributed by atoms with Gasteiger partial charge in [0.05, 0.1) is 0 Å². The Morgan fingerprint density at radius 1 is 1.08 bits per heavy atom. The zero-order valence-electron chi connectivity index (χ0n) is 14.5. The average molecular weight is 341 g/mol. The van der Waals surface area contributed by atoms with Crippen molar-refractivity contribution < 1.29 is 19.0 Å². The Kier molecular flexibility index (Phi) is 5.56. The number of ether oxygens (including phenoxy) is 3. The second-order valence-electron chi connectivity index (χ2n) is 6.38. The van der Waals surface area contributed by atoms with E-state index in [4.69, 9.17) is 14.2 Å². The van der Waals surface area contributed by atoms with Crippen molar-refractivity contribution in [3.8, 4) is 11.5 Å². The van der Waals surface area contributed by atoms with Crippen LogP contribution in [0.4, 0.5) is 0 Å². The van der Waals surface area contributed by atoms with Crippen LogP contribution in [-0.2, 0) is 22.7 Å². The summed E-state index contributed by atoms with van der Waals surface area (Å²) in [5.41, 5.74) is 2.01. The second-order valence-corrected chi connectivity index (χ2v) is 6.38. The van der Waals surface area contributed by atoms with Gasteiger partial charge in [0.1, 0.15) is 12.6 Å². The van der Waals surface area contributed by atoms with E-state index >= 15 is 0 Å². The summed E-state index contributed by atoms with van der Waals surface area (Å²) < 4.78 is 16.2. The van der Waals surface area contributed by atoms with Crippen molar-refractivity contribution in [2.75, 3.05) is 6.79 Å². The molecule has 3 rings (SSSR count). The van der Waals surface area contributed by atoms with Crippen LogP contribution in [0, 0.1) is 5.92 Å². The van der Waals surface area contributed by atoms with Gasteiger partial charge in [0.25, 0.3) is 0 Å². The zero-order valence-corrected chi connectivity index (χ0v) is 14.5. The third-order valence-corrected chi connectivity index (χ3v) is 4.11. The number of esters is 1. The van der Waals surface area contributed by atoms with Crippen LogP contribution >= 0.6 is 0 Å². The molecule has 0 spiro atoms. The molecule has 25 heavy (non-hydrogen) atoms. The topological polar surface area (TPSA) is 56.8 Å². The number of nitrogens with one attached hydrogen (secondary N) is 1. The largest absolute Gasteiger partial charge is 0.460 e. The highest BCUT2D eigenvalue weighted by atomic mass is 16.7. The number of benzene rings is 2. The molecule has 0 bridgehead atoms. The standard InChI is InChI=1S/C20H23NO4/c1-14(2)19(20(22)23-12-15-6-4-3-5-7-15)21-11-16-8-9-17-18(10-16)25-13-24-17/h3-10,14,19,21H,11-13H2,1-2H3. The van der Waals surface area contributed by atoms with Crippen LogP contribution in [0.15, 0.2) is 48.5 Å². The van der Waals surface area contributed by atoms with E-state index in [0.717, 1.165) is 22.6 Å². The predicted octanol–water partition coefficient (Wildman–Crippen LogP) is 3.27. The molecule has 0 radical (unpaired) electrons. The van der Waals surface area contributed by atoms with Crippen LogP contribution in [0.1, 0.15) is 25.0 Å². The van der Waals surface area contributed by atoms with Gasteiger partial charge in [0.2, 0.25) is 6.79 Å². The van der Waals surface area contributed by atoms with Crippen molar-refractivity contribution in [3.05, 3.63) is 59.7 Å². The summed E-state index contributed by atoms with van der Waals surface area (Å²) in [6, 6.07) is 15.1. The van der Waals surface area contributed by atoms with Crippen molar-refractivity contribution in [1.29, 1.82) is 0 Å². The van der Waals surface area contributed by atoms with Crippen molar-refractivity contribution in [1.82, 2.24) is 5.32 Å². The predicted molar refractivity (Wildman–Crippen MR) is 94.3 cm³/mol. The lowest BCUT2D eigenvalue weighted by Gasteiger charge is -2.21. The molecule has 1 unspecified atom stereocenters. The Morgan fingerprint density at radius 2 is 1.84 bits per heavy atom. The maximum Gasteiger partial charge on any atom is 0.323 e. The lowest BCUT2D eigenvalue weighted by Crippen LogP contribution is -2.41. The first-order valence-electron chi connectivity index (χ1n) is 8.46. The quantitative estimate of drug-likeness (QED) is 0.783. The maximum atomic E-state index is 12.4. The Morgan fingerprint density at radius 3 is 2.60 bits per heavy atom. The van der Waals surface area contributed by atoms with Crippen LogP contribution in [0.5, 0.6) is 11.5 Å². The molecule has 2 aromatic rings. The fourth-order valence-electron chi connectivity index (χ4n) is 2.69. The van der Waals surface area contributed by atoms with Gasteiger partial charge >= 0.3 is 5.97 Å². The summed E-state index contributed by atoms with van der Waals surface area (Å²) in [5.74, 6) is 1.38. The van der Waals surface area contributed by atoms with E-state index in [0.29, 0.717) is 6.54 Å². The van der Waals surface area contributed by atoms with E-state index in [1.54, 1.807) is 0 Å². The number of hydrogen-bond donors (Lipinski definition) is 1. The molecule has 1 N–H and O–H groups in total. The fourth-order valence-corrected chi connectivity index (χ4v) is 2.69. The van der Waals surface area contributed by atoms with Gasteiger partial charge in [0, 0.05) is 6.54 Å². The third kappa shape index (κ3) is 4.51. The molecular weight excluding hydrogens is 318 g/mol. The molecule has 1 heterocycles. The summed E-state index contributed by atoms with van der Waals surface area (Å²) in [4.78, 5) is 12.4. The van der Waals surface area contributed by atoms with Gasteiger partial charge < -0.3 is 19.5 Å². The van der Waals surface area contributed by atoms with Crippen LogP contribution in [0.2, 0.25) is 0 Å². The molecule has 0 aromatic heterocycles. The highest BCUT2D eigenvalue weighted by molar-refractivity contribution is 5.76. The Hall–Kier alpha value is -2.53. The molecule has 0 saturated carbocycles. The lowest BCUT2D eigenvalue weighted by atomic mass is 10.0. The van der Waals surface area contributed by atoms with E-state index < -0.39 is 0 Å². The summed E-state index contributed by atoms with van der Waals surface area (Å²) in [7, 11) is 0. The van der Waals surface area contributed by atoms with E-state index in [-0.39, 0.29) is 31.3 Å². The van der Waals surface area contributed by atoms with Gasteiger partial charge in [-0.1, -0.05) is 50.2 Å². The monoisotopic (exact) mass is 341 g/mol. The van der Waals surface area contributed by atoms with E-state index in [2.05, 4.69) is 5.32 Å². The van der Waals surface area contributed by atoms with E-state index in [1.165, 1.54) is 0 Å². The molecule has 1 aliphatic heterocycles. The van der Waals surface area contributed by atoms with Crippen LogP contribution in [0.3, 0.4) is 0 Å². The fraction of sp³-hybridized carbons (Fsp3) is 0.350. The first kappa shape index (κ1) is 17.3. The van der Waals surface area contributed by atoms with Crippen LogP contribution in [-0.4, -0.2) is 18.8 Å². The maximum absolute atomic E-state index is 12.4. The molecule has 5 heteroatoms. The minimum atomic E-state index is -0.367. The highest BCUT2D eigenvalue weighted by Crippen LogP contribution is 2.32. The Labute approximate surface area is 147 Å². The smallest absolute Gasteiger partial charge is 0.323 e. The first-order chi connectivity index (χ1) is 12.1. The van der Waals surface area contributed by atoms with Crippen LogP contribution < -0.4 is 14.8 Å². The molecule has 0 amide bonds. The molecule has 1 aliphatic rings. The molecule has 0 saturated heterocycles. The van der Waals surface area contributed by atoms with Gasteiger partial charge in [-0.05, 0) is 29.2 Å². The molecule has 5 nitrogen and oxygen atoms in total. The molecule has 1 atom stereocenters. The Balaban J connectivity index is 1.56.